The first-order chi connectivity index (χ1) is 14.8. The molecule has 0 spiro atoms. The van der Waals surface area contributed by atoms with Crippen LogP contribution in [0.3, 0.4) is 0 Å². The molecule has 1 unspecified atom stereocenters. The average molecular weight is 430 g/mol. The summed E-state index contributed by atoms with van der Waals surface area (Å²) < 4.78 is 61.5. The van der Waals surface area contributed by atoms with E-state index in [1.807, 2.05) is 0 Å². The van der Waals surface area contributed by atoms with Crippen LogP contribution in [0.2, 0.25) is 0 Å². The maximum atomic E-state index is 14.3. The molecule has 0 saturated carbocycles. The molecule has 0 aliphatic carbocycles. The predicted molar refractivity (Wildman–Crippen MR) is 109 cm³/mol. The summed E-state index contributed by atoms with van der Waals surface area (Å²) in [4.78, 5) is 12.2. The monoisotopic (exact) mass is 430 g/mol. The van der Waals surface area contributed by atoms with Crippen molar-refractivity contribution in [1.82, 2.24) is 9.88 Å². The van der Waals surface area contributed by atoms with Crippen LogP contribution in [-0.2, 0) is 17.5 Å². The van der Waals surface area contributed by atoms with Gasteiger partial charge in [0.15, 0.2) is 12.5 Å². The van der Waals surface area contributed by atoms with Crippen LogP contribution >= 0.6 is 0 Å². The highest BCUT2D eigenvalue weighted by atomic mass is 19.4. The Hall–Kier alpha value is -3.39. The smallest absolute Gasteiger partial charge is 0.362 e. The molecule has 31 heavy (non-hydrogen) atoms. The van der Waals surface area contributed by atoms with Gasteiger partial charge in [-0.1, -0.05) is 24.3 Å². The van der Waals surface area contributed by atoms with Gasteiger partial charge in [-0.2, -0.15) is 13.2 Å². The van der Waals surface area contributed by atoms with Crippen molar-refractivity contribution in [3.63, 3.8) is 0 Å². The van der Waals surface area contributed by atoms with Crippen molar-refractivity contribution < 1.29 is 27.1 Å². The van der Waals surface area contributed by atoms with Crippen LogP contribution in [0.4, 0.5) is 17.6 Å². The molecule has 4 rings (SSSR count). The van der Waals surface area contributed by atoms with Gasteiger partial charge >= 0.3 is 6.18 Å². The van der Waals surface area contributed by atoms with Gasteiger partial charge in [0.25, 0.3) is 0 Å². The molecule has 1 atom stereocenters. The van der Waals surface area contributed by atoms with E-state index in [2.05, 4.69) is 5.32 Å². The van der Waals surface area contributed by atoms with Gasteiger partial charge in [0, 0.05) is 34.7 Å². The Labute approximate surface area is 175 Å². The number of halogens is 4. The summed E-state index contributed by atoms with van der Waals surface area (Å²) in [5.74, 6) is -0.467. The van der Waals surface area contributed by atoms with Crippen LogP contribution in [0.5, 0.6) is 0 Å². The zero-order chi connectivity index (χ0) is 22.2. The quantitative estimate of drug-likeness (QED) is 0.451. The van der Waals surface area contributed by atoms with Gasteiger partial charge in [0.05, 0.1) is 17.8 Å². The Bertz CT molecular complexity index is 1210. The minimum absolute atomic E-state index is 0.0171. The van der Waals surface area contributed by atoms with Crippen molar-refractivity contribution in [1.29, 1.82) is 0 Å². The third kappa shape index (κ3) is 3.74. The van der Waals surface area contributed by atoms with E-state index in [1.54, 1.807) is 36.6 Å². The van der Waals surface area contributed by atoms with Gasteiger partial charge in [-0.3, -0.25) is 4.79 Å². The number of ether oxygens (including phenoxy) is 1. The molecule has 2 aromatic carbocycles. The fourth-order valence-electron chi connectivity index (χ4n) is 3.83. The van der Waals surface area contributed by atoms with Crippen LogP contribution in [0, 0.1) is 5.82 Å². The minimum atomic E-state index is -4.56. The fraction of sp³-hybridized carbons (Fsp3) is 0.174. The number of benzene rings is 2. The molecule has 1 N–H and O–H groups in total. The van der Waals surface area contributed by atoms with E-state index >= 15 is 0 Å². The molecule has 160 valence electrons. The Morgan fingerprint density at radius 1 is 1.19 bits per heavy atom. The van der Waals surface area contributed by atoms with E-state index in [9.17, 15) is 22.4 Å². The Morgan fingerprint density at radius 3 is 2.65 bits per heavy atom. The van der Waals surface area contributed by atoms with Gasteiger partial charge in [0.2, 0.25) is 0 Å². The van der Waals surface area contributed by atoms with Crippen LogP contribution in [-0.4, -0.2) is 24.2 Å². The predicted octanol–water partition coefficient (Wildman–Crippen LogP) is 5.13. The summed E-state index contributed by atoms with van der Waals surface area (Å²) in [6.07, 6.45) is 0.353. The van der Waals surface area contributed by atoms with Crippen LogP contribution in [0.1, 0.15) is 27.2 Å². The normalized spacial score (nSPS) is 16.3. The number of hydrogen-bond acceptors (Lipinski definition) is 3. The number of aldehydes is 1. The first kappa shape index (κ1) is 20.9. The molecule has 1 aromatic heterocycles. The lowest BCUT2D eigenvalue weighted by Crippen LogP contribution is -2.29. The molecular weight excluding hydrogens is 412 g/mol. The molecule has 0 amide bonds. The molecule has 2 heterocycles. The van der Waals surface area contributed by atoms with Crippen molar-refractivity contribution in [3.05, 3.63) is 89.0 Å². The number of carbonyl (C=O) groups excluding carboxylic acids is 1. The van der Waals surface area contributed by atoms with Crippen LogP contribution in [0.25, 0.3) is 16.5 Å². The lowest BCUT2D eigenvalue weighted by molar-refractivity contribution is -0.137. The lowest BCUT2D eigenvalue weighted by atomic mass is 9.98. The van der Waals surface area contributed by atoms with Crippen molar-refractivity contribution in [2.45, 2.75) is 18.9 Å². The molecule has 1 aliphatic heterocycles. The number of rotatable bonds is 5. The van der Waals surface area contributed by atoms with Gasteiger partial charge in [0.1, 0.15) is 5.82 Å². The van der Waals surface area contributed by atoms with Crippen LogP contribution < -0.4 is 5.32 Å². The third-order valence-corrected chi connectivity index (χ3v) is 5.26. The van der Waals surface area contributed by atoms with E-state index in [1.165, 1.54) is 23.8 Å². The fourth-order valence-corrected chi connectivity index (χ4v) is 3.83. The first-order valence-electron chi connectivity index (χ1n) is 9.43. The number of methoxy groups -OCH3 is 1. The second-order valence-electron chi connectivity index (χ2n) is 7.05. The van der Waals surface area contributed by atoms with Crippen molar-refractivity contribution in [3.8, 4) is 0 Å². The number of aromatic nitrogens is 1. The molecule has 8 heteroatoms. The maximum absolute atomic E-state index is 14.3. The van der Waals surface area contributed by atoms with Gasteiger partial charge in [-0.25, -0.2) is 4.39 Å². The number of nitrogens with zero attached hydrogens (tertiary/aromatic N) is 1. The van der Waals surface area contributed by atoms with Gasteiger partial charge in [-0.15, -0.1) is 0 Å². The van der Waals surface area contributed by atoms with Crippen molar-refractivity contribution in [2.24, 2.45) is 0 Å². The number of dihydropyridines is 1. The lowest BCUT2D eigenvalue weighted by Gasteiger charge is -2.22. The summed E-state index contributed by atoms with van der Waals surface area (Å²) in [5, 5.41) is 3.20. The minimum Gasteiger partial charge on any atom is -0.362 e. The number of allylic oxidation sites excluding steroid dienone is 2. The average Bonchev–Trinajstić information content (AvgIpc) is 3.07. The molecule has 1 aliphatic rings. The second-order valence-corrected chi connectivity index (χ2v) is 7.05. The number of alkyl halides is 3. The summed E-state index contributed by atoms with van der Waals surface area (Å²) in [6.45, 7) is -0.0171. The van der Waals surface area contributed by atoms with E-state index in [0.29, 0.717) is 28.5 Å². The topological polar surface area (TPSA) is 43.3 Å². The molecule has 0 fully saturated rings. The van der Waals surface area contributed by atoms with Crippen molar-refractivity contribution in [2.75, 3.05) is 7.11 Å². The molecule has 4 nitrogen and oxygen atoms in total. The standard InChI is InChI=1S/C23H18F4N2O2/c1-31-22-16(6-4-10-28-22)21-17-11-15(23(25,26)27)8-9-19(17)29(20(21)13-30)12-14-5-2-3-7-18(14)24/h2-11,13,22,28H,12H2,1H3. The Morgan fingerprint density at radius 2 is 1.97 bits per heavy atom. The summed E-state index contributed by atoms with van der Waals surface area (Å²) in [6, 6.07) is 9.35. The molecular formula is C23H18F4N2O2. The van der Waals surface area contributed by atoms with E-state index in [-0.39, 0.29) is 17.6 Å². The van der Waals surface area contributed by atoms with E-state index in [4.69, 9.17) is 4.74 Å². The highest BCUT2D eigenvalue weighted by Gasteiger charge is 2.33. The zero-order valence-corrected chi connectivity index (χ0v) is 16.4. The van der Waals surface area contributed by atoms with E-state index in [0.717, 1.165) is 12.1 Å². The summed E-state index contributed by atoms with van der Waals surface area (Å²) >= 11 is 0. The zero-order valence-electron chi connectivity index (χ0n) is 16.4. The first-order valence-corrected chi connectivity index (χ1v) is 9.43. The Kier molecular flexibility index (Phi) is 5.41. The Balaban J connectivity index is 2.02. The number of hydrogen-bond donors (Lipinski definition) is 1. The number of fused-ring (bicyclic) bond motifs is 1. The highest BCUT2D eigenvalue weighted by Crippen LogP contribution is 2.38. The highest BCUT2D eigenvalue weighted by molar-refractivity contribution is 6.02. The molecule has 0 saturated heterocycles. The summed E-state index contributed by atoms with van der Waals surface area (Å²) in [5.41, 5.74) is 0.824. The third-order valence-electron chi connectivity index (χ3n) is 5.26. The summed E-state index contributed by atoms with van der Waals surface area (Å²) in [7, 11) is 1.45. The maximum Gasteiger partial charge on any atom is 0.416 e. The largest absolute Gasteiger partial charge is 0.416 e. The van der Waals surface area contributed by atoms with Crippen molar-refractivity contribution >= 4 is 22.8 Å². The SMILES string of the molecule is COC1NC=CC=C1c1c(C=O)n(Cc2ccccc2F)c2ccc(C(F)(F)F)cc12. The molecule has 0 radical (unpaired) electrons. The van der Waals surface area contributed by atoms with Crippen LogP contribution in [0.15, 0.2) is 60.8 Å². The number of carbonyl (C=O) groups is 1. The molecule has 3 aromatic rings. The van der Waals surface area contributed by atoms with E-state index < -0.39 is 23.8 Å². The van der Waals surface area contributed by atoms with Gasteiger partial charge < -0.3 is 14.6 Å². The number of nitrogens with one attached hydrogen (secondary N) is 1. The van der Waals surface area contributed by atoms with Gasteiger partial charge in [-0.05, 0) is 36.5 Å². The molecule has 0 bridgehead atoms. The second kappa shape index (κ2) is 8.03.